The molecule has 57 heavy (non-hydrogen) atoms. The summed E-state index contributed by atoms with van der Waals surface area (Å²) in [5.41, 5.74) is 5.77. The molecule has 0 aromatic heterocycles. The molecular weight excluding hydrogens is 792 g/mol. The summed E-state index contributed by atoms with van der Waals surface area (Å²) in [5, 5.41) is 3.68. The van der Waals surface area contributed by atoms with Gasteiger partial charge in [-0.05, 0) is 58.7 Å². The van der Waals surface area contributed by atoms with Crippen LogP contribution in [0.4, 0.5) is 21.0 Å². The van der Waals surface area contributed by atoms with Crippen molar-refractivity contribution in [2.24, 2.45) is 0 Å². The molecule has 0 saturated carbocycles. The van der Waals surface area contributed by atoms with E-state index in [0.29, 0.717) is 59.2 Å². The van der Waals surface area contributed by atoms with Gasteiger partial charge in [-0.2, -0.15) is 0 Å². The molecule has 0 radical (unpaired) electrons. The van der Waals surface area contributed by atoms with E-state index in [9.17, 15) is 19.2 Å². The molecule has 2 aliphatic rings. The van der Waals surface area contributed by atoms with Gasteiger partial charge in [0.2, 0.25) is 0 Å². The van der Waals surface area contributed by atoms with Crippen LogP contribution in [-0.4, -0.2) is 101 Å². The summed E-state index contributed by atoms with van der Waals surface area (Å²) in [5.74, 6) is -0.731. The second kappa shape index (κ2) is 24.7. The monoisotopic (exact) mass is 840 g/mol. The first-order chi connectivity index (χ1) is 27.8. The first-order valence-electron chi connectivity index (χ1n) is 18.4. The summed E-state index contributed by atoms with van der Waals surface area (Å²) < 4.78 is 19.6. The topological polar surface area (TPSA) is 127 Å². The third-order valence-corrected chi connectivity index (χ3v) is 9.23. The van der Waals surface area contributed by atoms with Crippen molar-refractivity contribution in [1.82, 2.24) is 9.80 Å². The number of benzene rings is 4. The highest BCUT2D eigenvalue weighted by molar-refractivity contribution is 9.08. The number of urea groups is 2. The number of nitrogens with zero attached hydrogens (tertiary/aromatic N) is 3. The molecular formula is C44H49BrN4O8. The number of nitrogens with one attached hydrogen (secondary N) is 1. The van der Waals surface area contributed by atoms with Crippen molar-refractivity contribution in [3.05, 3.63) is 144 Å². The van der Waals surface area contributed by atoms with Crippen molar-refractivity contribution in [1.29, 1.82) is 0 Å². The van der Waals surface area contributed by atoms with Gasteiger partial charge in [-0.25, -0.2) is 19.2 Å². The molecule has 0 spiro atoms. The first-order valence-corrected chi connectivity index (χ1v) is 19.6. The normalized spacial score (nSPS) is 13.7. The predicted octanol–water partition coefficient (Wildman–Crippen LogP) is 7.65. The van der Waals surface area contributed by atoms with Crippen LogP contribution in [0.3, 0.4) is 0 Å². The summed E-state index contributed by atoms with van der Waals surface area (Å²) >= 11 is 3.36. The minimum absolute atomic E-state index is 0.0239. The zero-order valence-corrected chi connectivity index (χ0v) is 33.8. The number of rotatable bonds is 9. The van der Waals surface area contributed by atoms with Crippen LogP contribution < -0.4 is 10.2 Å². The van der Waals surface area contributed by atoms with Gasteiger partial charge in [0.1, 0.15) is 0 Å². The van der Waals surface area contributed by atoms with Gasteiger partial charge in [0, 0.05) is 55.0 Å². The van der Waals surface area contributed by atoms with Crippen LogP contribution >= 0.6 is 15.9 Å². The van der Waals surface area contributed by atoms with Crippen molar-refractivity contribution in [3.8, 4) is 0 Å². The number of amides is 4. The lowest BCUT2D eigenvalue weighted by Gasteiger charge is -2.33. The zero-order chi connectivity index (χ0) is 40.7. The molecule has 4 amide bonds. The number of carbonyl (C=O) groups excluding carboxylic acids is 4. The SMILES string of the molecule is COC(=O)/C=C/c1ccc(CBr)cc1.COC(=O)/C=C/c1ccc(CN(C(=O)N2CCOCC2)c2ccccc2)cc1.O=C(Nc1ccccc1)N1CCOCC1. The van der Waals surface area contributed by atoms with E-state index in [-0.39, 0.29) is 18.0 Å². The number of methoxy groups -OCH3 is 2. The summed E-state index contributed by atoms with van der Waals surface area (Å²) in [4.78, 5) is 52.2. The second-order valence-corrected chi connectivity index (χ2v) is 13.1. The van der Waals surface area contributed by atoms with Crippen LogP contribution in [-0.2, 0) is 40.4 Å². The Kier molecular flexibility index (Phi) is 19.0. The molecule has 4 aromatic rings. The fraction of sp³-hybridized carbons (Fsp3) is 0.273. The fourth-order valence-electron chi connectivity index (χ4n) is 5.39. The molecule has 12 nitrogen and oxygen atoms in total. The molecule has 1 N–H and O–H groups in total. The molecule has 13 heteroatoms. The van der Waals surface area contributed by atoms with Crippen LogP contribution in [0.1, 0.15) is 22.3 Å². The summed E-state index contributed by atoms with van der Waals surface area (Å²) in [6.45, 7) is 5.37. The number of hydrogen-bond acceptors (Lipinski definition) is 8. The Hall–Kier alpha value is -5.76. The zero-order valence-electron chi connectivity index (χ0n) is 32.3. The Bertz CT molecular complexity index is 1880. The van der Waals surface area contributed by atoms with E-state index in [1.807, 2.05) is 114 Å². The van der Waals surface area contributed by atoms with Gasteiger partial charge >= 0.3 is 24.0 Å². The van der Waals surface area contributed by atoms with Crippen LogP contribution in [0.15, 0.2) is 121 Å². The molecule has 0 bridgehead atoms. The Morgan fingerprint density at radius 1 is 0.649 bits per heavy atom. The minimum Gasteiger partial charge on any atom is -0.466 e. The summed E-state index contributed by atoms with van der Waals surface area (Å²) in [6.07, 6.45) is 6.21. The number of esters is 2. The molecule has 2 fully saturated rings. The van der Waals surface area contributed by atoms with E-state index in [2.05, 4.69) is 30.7 Å². The maximum Gasteiger partial charge on any atom is 0.330 e. The van der Waals surface area contributed by atoms with Gasteiger partial charge in [0.05, 0.1) is 47.2 Å². The molecule has 300 valence electrons. The minimum atomic E-state index is -0.393. The highest BCUT2D eigenvalue weighted by Crippen LogP contribution is 2.20. The van der Waals surface area contributed by atoms with Gasteiger partial charge in [0.25, 0.3) is 0 Å². The lowest BCUT2D eigenvalue weighted by atomic mass is 10.1. The molecule has 0 atom stereocenters. The van der Waals surface area contributed by atoms with Crippen LogP contribution in [0.2, 0.25) is 0 Å². The van der Waals surface area contributed by atoms with Gasteiger partial charge in [0.15, 0.2) is 0 Å². The average Bonchev–Trinajstić information content (AvgIpc) is 3.28. The van der Waals surface area contributed by atoms with Crippen molar-refractivity contribution >= 4 is 63.5 Å². The molecule has 2 aliphatic heterocycles. The quantitative estimate of drug-likeness (QED) is 0.104. The molecule has 6 rings (SSSR count). The molecule has 0 aliphatic carbocycles. The number of morpholine rings is 2. The van der Waals surface area contributed by atoms with E-state index >= 15 is 0 Å². The maximum atomic E-state index is 13.1. The smallest absolute Gasteiger partial charge is 0.330 e. The van der Waals surface area contributed by atoms with E-state index in [4.69, 9.17) is 9.47 Å². The Balaban J connectivity index is 0.000000209. The summed E-state index contributed by atoms with van der Waals surface area (Å²) in [6, 6.07) is 34.7. The number of para-hydroxylation sites is 2. The Labute approximate surface area is 342 Å². The number of ether oxygens (including phenoxy) is 4. The van der Waals surface area contributed by atoms with E-state index in [1.54, 1.807) is 22.0 Å². The molecule has 0 unspecified atom stereocenters. The van der Waals surface area contributed by atoms with Crippen molar-refractivity contribution in [2.45, 2.75) is 11.9 Å². The number of hydrogen-bond donors (Lipinski definition) is 1. The number of anilines is 2. The van der Waals surface area contributed by atoms with Gasteiger partial charge < -0.3 is 34.1 Å². The lowest BCUT2D eigenvalue weighted by molar-refractivity contribution is -0.135. The second-order valence-electron chi connectivity index (χ2n) is 12.5. The number of halogens is 1. The Morgan fingerprint density at radius 2 is 1.11 bits per heavy atom. The molecule has 2 saturated heterocycles. The van der Waals surface area contributed by atoms with E-state index < -0.39 is 5.97 Å². The average molecular weight is 842 g/mol. The summed E-state index contributed by atoms with van der Waals surface area (Å²) in [7, 11) is 2.71. The van der Waals surface area contributed by atoms with E-state index in [1.165, 1.54) is 31.9 Å². The lowest BCUT2D eigenvalue weighted by Crippen LogP contribution is -2.48. The molecule has 4 aromatic carbocycles. The van der Waals surface area contributed by atoms with Gasteiger partial charge in [-0.3, -0.25) is 4.90 Å². The highest BCUT2D eigenvalue weighted by atomic mass is 79.9. The highest BCUT2D eigenvalue weighted by Gasteiger charge is 2.24. The van der Waals surface area contributed by atoms with Gasteiger partial charge in [-0.15, -0.1) is 0 Å². The maximum absolute atomic E-state index is 13.1. The number of carbonyl (C=O) groups is 4. The first kappa shape index (κ1) is 44.0. The van der Waals surface area contributed by atoms with E-state index in [0.717, 1.165) is 33.4 Å². The fourth-order valence-corrected chi connectivity index (χ4v) is 5.77. The largest absolute Gasteiger partial charge is 0.466 e. The van der Waals surface area contributed by atoms with Crippen molar-refractivity contribution in [2.75, 3.05) is 77.0 Å². The standard InChI is InChI=1S/C22H24N2O4.C11H11BrO2.C11H14N2O2/c1-27-21(25)12-11-18-7-9-19(10-8-18)17-24(20-5-3-2-4-6-20)22(26)23-13-15-28-16-14-23;1-14-11(13)7-6-9-2-4-10(8-12)5-3-9;14-11(13-6-8-15-9-7-13)12-10-4-2-1-3-5-10/h2-12H,13-17H2,1H3;2-7H,8H2,1H3;1-5H,6-9H2,(H,12,14)/b12-11+;7-6+;. The van der Waals surface area contributed by atoms with Crippen molar-refractivity contribution < 1.29 is 38.1 Å². The molecule has 2 heterocycles. The number of alkyl halides is 1. The Morgan fingerprint density at radius 3 is 1.58 bits per heavy atom. The van der Waals surface area contributed by atoms with Gasteiger partial charge in [-0.1, -0.05) is 101 Å². The third-order valence-electron chi connectivity index (χ3n) is 8.58. The predicted molar refractivity (Wildman–Crippen MR) is 226 cm³/mol. The van der Waals surface area contributed by atoms with Crippen LogP contribution in [0, 0.1) is 0 Å². The van der Waals surface area contributed by atoms with Crippen LogP contribution in [0.5, 0.6) is 0 Å². The third kappa shape index (κ3) is 15.7. The van der Waals surface area contributed by atoms with Crippen LogP contribution in [0.25, 0.3) is 12.2 Å². The van der Waals surface area contributed by atoms with Crippen molar-refractivity contribution in [3.63, 3.8) is 0 Å².